The maximum atomic E-state index is 12.5. The van der Waals surface area contributed by atoms with Crippen LogP contribution in [0.15, 0.2) is 24.3 Å². The van der Waals surface area contributed by atoms with E-state index in [9.17, 15) is 13.2 Å². The maximum absolute atomic E-state index is 12.5. The van der Waals surface area contributed by atoms with Gasteiger partial charge in [0.15, 0.2) is 0 Å². The van der Waals surface area contributed by atoms with Crippen LogP contribution in [0.5, 0.6) is 0 Å². The van der Waals surface area contributed by atoms with Crippen molar-refractivity contribution in [1.82, 2.24) is 5.32 Å². The molecule has 0 unspecified atom stereocenters. The lowest BCUT2D eigenvalue weighted by Gasteiger charge is -2.37. The summed E-state index contributed by atoms with van der Waals surface area (Å²) in [5, 5.41) is 3.24. The van der Waals surface area contributed by atoms with Crippen LogP contribution in [0, 0.1) is 0 Å². The van der Waals surface area contributed by atoms with Crippen LogP contribution in [0.25, 0.3) is 0 Å². The molecule has 1 fully saturated rings. The number of alkyl halides is 3. The number of hydrogen-bond donors (Lipinski definition) is 2. The first kappa shape index (κ1) is 13.4. The second kappa shape index (κ2) is 4.90. The molecule has 1 aliphatic rings. The zero-order chi connectivity index (χ0) is 13.2. The summed E-state index contributed by atoms with van der Waals surface area (Å²) in [6.07, 6.45) is -2.54. The van der Waals surface area contributed by atoms with Crippen molar-refractivity contribution in [2.24, 2.45) is 5.73 Å². The molecule has 0 radical (unpaired) electrons. The van der Waals surface area contributed by atoms with Gasteiger partial charge in [-0.2, -0.15) is 13.2 Å². The quantitative estimate of drug-likeness (QED) is 0.854. The second-order valence-electron chi connectivity index (χ2n) is 4.81. The SMILES string of the molecule is NCC1(c2ccc(C(F)(F)F)cc2)CCNCC1. The van der Waals surface area contributed by atoms with Crippen LogP contribution < -0.4 is 11.1 Å². The molecule has 1 saturated heterocycles. The summed E-state index contributed by atoms with van der Waals surface area (Å²) in [6, 6.07) is 5.44. The number of nitrogens with one attached hydrogen (secondary N) is 1. The molecular weight excluding hydrogens is 241 g/mol. The lowest BCUT2D eigenvalue weighted by atomic mass is 9.73. The monoisotopic (exact) mass is 258 g/mol. The standard InChI is InChI=1S/C13H17F3N2/c14-13(15,16)11-3-1-10(2-4-11)12(9-17)5-7-18-8-6-12/h1-4,18H,5-9,17H2. The average Bonchev–Trinajstić information content (AvgIpc) is 2.39. The maximum Gasteiger partial charge on any atom is 0.416 e. The molecule has 1 heterocycles. The third kappa shape index (κ3) is 2.52. The average molecular weight is 258 g/mol. The van der Waals surface area contributed by atoms with Crippen molar-refractivity contribution < 1.29 is 13.2 Å². The summed E-state index contributed by atoms with van der Waals surface area (Å²) in [4.78, 5) is 0. The van der Waals surface area contributed by atoms with Gasteiger partial charge in [-0.15, -0.1) is 0 Å². The lowest BCUT2D eigenvalue weighted by molar-refractivity contribution is -0.137. The van der Waals surface area contributed by atoms with E-state index in [-0.39, 0.29) is 5.41 Å². The Hall–Kier alpha value is -1.07. The van der Waals surface area contributed by atoms with Gasteiger partial charge in [-0.25, -0.2) is 0 Å². The van der Waals surface area contributed by atoms with Gasteiger partial charge < -0.3 is 11.1 Å². The van der Waals surface area contributed by atoms with Crippen LogP contribution in [0.2, 0.25) is 0 Å². The fourth-order valence-corrected chi connectivity index (χ4v) is 2.53. The number of rotatable bonds is 2. The van der Waals surface area contributed by atoms with Gasteiger partial charge in [0.05, 0.1) is 5.56 Å². The van der Waals surface area contributed by atoms with Crippen LogP contribution in [0.1, 0.15) is 24.0 Å². The van der Waals surface area contributed by atoms with Gasteiger partial charge in [0, 0.05) is 12.0 Å². The smallest absolute Gasteiger partial charge is 0.330 e. The molecule has 1 aromatic carbocycles. The molecule has 100 valence electrons. The van der Waals surface area contributed by atoms with E-state index >= 15 is 0 Å². The molecule has 0 atom stereocenters. The van der Waals surface area contributed by atoms with Crippen molar-refractivity contribution in [2.75, 3.05) is 19.6 Å². The van der Waals surface area contributed by atoms with Gasteiger partial charge >= 0.3 is 6.18 Å². The fraction of sp³-hybridized carbons (Fsp3) is 0.538. The first-order valence-corrected chi connectivity index (χ1v) is 6.06. The fourth-order valence-electron chi connectivity index (χ4n) is 2.53. The Balaban J connectivity index is 2.27. The van der Waals surface area contributed by atoms with Crippen molar-refractivity contribution in [3.05, 3.63) is 35.4 Å². The summed E-state index contributed by atoms with van der Waals surface area (Å²) < 4.78 is 37.5. The number of nitrogens with two attached hydrogens (primary N) is 1. The Bertz CT molecular complexity index is 392. The largest absolute Gasteiger partial charge is 0.416 e. The Morgan fingerprint density at radius 2 is 1.67 bits per heavy atom. The highest BCUT2D eigenvalue weighted by atomic mass is 19.4. The van der Waals surface area contributed by atoms with E-state index in [1.807, 2.05) is 0 Å². The molecule has 0 spiro atoms. The second-order valence-corrected chi connectivity index (χ2v) is 4.81. The summed E-state index contributed by atoms with van der Waals surface area (Å²) in [5.41, 5.74) is 5.98. The molecule has 5 heteroatoms. The minimum Gasteiger partial charge on any atom is -0.330 e. The van der Waals surface area contributed by atoms with E-state index in [0.29, 0.717) is 6.54 Å². The molecule has 0 aliphatic carbocycles. The molecule has 0 aromatic heterocycles. The van der Waals surface area contributed by atoms with E-state index in [0.717, 1.165) is 43.6 Å². The van der Waals surface area contributed by atoms with Crippen LogP contribution >= 0.6 is 0 Å². The molecule has 1 aliphatic heterocycles. The highest BCUT2D eigenvalue weighted by Crippen LogP contribution is 2.35. The first-order valence-electron chi connectivity index (χ1n) is 6.06. The minimum atomic E-state index is -4.28. The van der Waals surface area contributed by atoms with E-state index < -0.39 is 11.7 Å². The van der Waals surface area contributed by atoms with Gasteiger partial charge in [-0.1, -0.05) is 12.1 Å². The third-order valence-corrected chi connectivity index (χ3v) is 3.78. The van der Waals surface area contributed by atoms with E-state index in [1.165, 1.54) is 0 Å². The molecule has 1 aromatic rings. The number of hydrogen-bond acceptors (Lipinski definition) is 2. The number of halogens is 3. The van der Waals surface area contributed by atoms with Gasteiger partial charge in [0.2, 0.25) is 0 Å². The van der Waals surface area contributed by atoms with Gasteiger partial charge in [0.25, 0.3) is 0 Å². The summed E-state index contributed by atoms with van der Waals surface area (Å²) in [5.74, 6) is 0. The molecule has 0 amide bonds. The van der Waals surface area contributed by atoms with Crippen molar-refractivity contribution in [3.8, 4) is 0 Å². The van der Waals surface area contributed by atoms with Crippen LogP contribution in [-0.4, -0.2) is 19.6 Å². The normalized spacial score (nSPS) is 19.8. The topological polar surface area (TPSA) is 38.0 Å². The lowest BCUT2D eigenvalue weighted by Crippen LogP contribution is -2.44. The van der Waals surface area contributed by atoms with Crippen LogP contribution in [0.3, 0.4) is 0 Å². The Morgan fingerprint density at radius 3 is 2.11 bits per heavy atom. The van der Waals surface area contributed by atoms with Crippen molar-refractivity contribution in [3.63, 3.8) is 0 Å². The van der Waals surface area contributed by atoms with Crippen molar-refractivity contribution in [1.29, 1.82) is 0 Å². The summed E-state index contributed by atoms with van der Waals surface area (Å²) >= 11 is 0. The van der Waals surface area contributed by atoms with Crippen molar-refractivity contribution in [2.45, 2.75) is 24.4 Å². The Morgan fingerprint density at radius 1 is 1.11 bits per heavy atom. The van der Waals surface area contributed by atoms with Gasteiger partial charge in [-0.3, -0.25) is 0 Å². The summed E-state index contributed by atoms with van der Waals surface area (Å²) in [6.45, 7) is 2.19. The third-order valence-electron chi connectivity index (χ3n) is 3.78. The predicted molar refractivity (Wildman–Crippen MR) is 64.3 cm³/mol. The molecule has 3 N–H and O–H groups in total. The highest BCUT2D eigenvalue weighted by molar-refractivity contribution is 5.31. The Labute approximate surface area is 104 Å². The molecule has 2 rings (SSSR count). The predicted octanol–water partition coefficient (Wildman–Crippen LogP) is 2.29. The highest BCUT2D eigenvalue weighted by Gasteiger charge is 2.34. The number of piperidine rings is 1. The van der Waals surface area contributed by atoms with E-state index in [1.54, 1.807) is 12.1 Å². The van der Waals surface area contributed by atoms with Crippen LogP contribution in [0.4, 0.5) is 13.2 Å². The minimum absolute atomic E-state index is 0.171. The molecule has 0 bridgehead atoms. The summed E-state index contributed by atoms with van der Waals surface area (Å²) in [7, 11) is 0. The van der Waals surface area contributed by atoms with Crippen LogP contribution in [-0.2, 0) is 11.6 Å². The Kier molecular flexibility index (Phi) is 3.64. The van der Waals surface area contributed by atoms with Gasteiger partial charge in [0.1, 0.15) is 0 Å². The molecular formula is C13H17F3N2. The zero-order valence-corrected chi connectivity index (χ0v) is 10.1. The van der Waals surface area contributed by atoms with E-state index in [4.69, 9.17) is 5.73 Å². The van der Waals surface area contributed by atoms with E-state index in [2.05, 4.69) is 5.32 Å². The molecule has 2 nitrogen and oxygen atoms in total. The molecule has 18 heavy (non-hydrogen) atoms. The first-order chi connectivity index (χ1) is 8.48. The zero-order valence-electron chi connectivity index (χ0n) is 10.1. The molecule has 0 saturated carbocycles. The van der Waals surface area contributed by atoms with Crippen molar-refractivity contribution >= 4 is 0 Å². The number of benzene rings is 1. The van der Waals surface area contributed by atoms with Gasteiger partial charge in [-0.05, 0) is 43.6 Å².